The van der Waals surface area contributed by atoms with Crippen molar-refractivity contribution in [3.63, 3.8) is 0 Å². The van der Waals surface area contributed by atoms with Gasteiger partial charge in [0.15, 0.2) is 0 Å². The Morgan fingerprint density at radius 1 is 1.46 bits per heavy atom. The van der Waals surface area contributed by atoms with Crippen LogP contribution in [0.2, 0.25) is 0 Å². The van der Waals surface area contributed by atoms with Gasteiger partial charge in [0.2, 0.25) is 5.91 Å². The molecule has 0 aliphatic carbocycles. The third-order valence-electron chi connectivity index (χ3n) is 1.33. The highest BCUT2D eigenvalue weighted by atomic mass is 127. The van der Waals surface area contributed by atoms with Gasteiger partial charge in [-0.25, -0.2) is 0 Å². The minimum atomic E-state index is -0.466. The van der Waals surface area contributed by atoms with Gasteiger partial charge in [-0.2, -0.15) is 12.6 Å². The maximum atomic E-state index is 11.2. The number of carbonyl (C=O) groups excluding carboxylic acids is 1. The van der Waals surface area contributed by atoms with E-state index in [0.717, 1.165) is 9.26 Å². The first-order valence-corrected chi connectivity index (χ1v) is 5.99. The van der Waals surface area contributed by atoms with E-state index in [2.05, 4.69) is 56.5 Å². The molecule has 0 aliphatic heterocycles. The summed E-state index contributed by atoms with van der Waals surface area (Å²) in [5.74, 6) is -0.162. The largest absolute Gasteiger partial charge is 0.324 e. The Labute approximate surface area is 104 Å². The predicted octanol–water partition coefficient (Wildman–Crippen LogP) is 2.88. The first-order valence-electron chi connectivity index (χ1n) is 3.48. The van der Waals surface area contributed by atoms with Crippen LogP contribution < -0.4 is 5.32 Å². The van der Waals surface area contributed by atoms with Crippen molar-refractivity contribution in [1.82, 2.24) is 0 Å². The average molecular weight is 372 g/mol. The lowest BCUT2D eigenvalue weighted by atomic mass is 10.3. The Hall–Kier alpha value is 0.250. The zero-order chi connectivity index (χ0) is 9.84. The SMILES string of the molecule is O=C(Nc1ccc(I)cc1)C(S)Br. The highest BCUT2D eigenvalue weighted by Gasteiger charge is 2.08. The molecule has 0 bridgehead atoms. The summed E-state index contributed by atoms with van der Waals surface area (Å²) < 4.78 is 0.670. The number of hydrogen-bond donors (Lipinski definition) is 2. The molecule has 0 aromatic heterocycles. The fraction of sp³-hybridized carbons (Fsp3) is 0.125. The van der Waals surface area contributed by atoms with Gasteiger partial charge in [0.05, 0.1) is 0 Å². The van der Waals surface area contributed by atoms with Crippen molar-refractivity contribution < 1.29 is 4.79 Å². The highest BCUT2D eigenvalue weighted by Crippen LogP contribution is 2.13. The Kier molecular flexibility index (Phi) is 4.54. The molecule has 1 amide bonds. The topological polar surface area (TPSA) is 29.1 Å². The van der Waals surface area contributed by atoms with E-state index < -0.39 is 4.16 Å². The summed E-state index contributed by atoms with van der Waals surface area (Å²) in [7, 11) is 0. The van der Waals surface area contributed by atoms with Gasteiger partial charge in [0, 0.05) is 9.26 Å². The number of thiol groups is 1. The van der Waals surface area contributed by atoms with Crippen molar-refractivity contribution in [1.29, 1.82) is 0 Å². The lowest BCUT2D eigenvalue weighted by molar-refractivity contribution is -0.114. The molecule has 2 nitrogen and oxygen atoms in total. The molecule has 1 N–H and O–H groups in total. The number of benzene rings is 1. The monoisotopic (exact) mass is 371 g/mol. The number of nitrogens with one attached hydrogen (secondary N) is 1. The molecule has 0 radical (unpaired) electrons. The summed E-state index contributed by atoms with van der Waals surface area (Å²) >= 11 is 9.22. The van der Waals surface area contributed by atoms with E-state index in [1.807, 2.05) is 24.3 Å². The van der Waals surface area contributed by atoms with Crippen LogP contribution in [0.1, 0.15) is 0 Å². The second-order valence-corrected chi connectivity index (χ2v) is 5.72. The van der Waals surface area contributed by atoms with Gasteiger partial charge in [0.25, 0.3) is 0 Å². The predicted molar refractivity (Wildman–Crippen MR) is 69.5 cm³/mol. The third kappa shape index (κ3) is 3.86. The van der Waals surface area contributed by atoms with Gasteiger partial charge >= 0.3 is 0 Å². The van der Waals surface area contributed by atoms with E-state index in [1.54, 1.807) is 0 Å². The Balaban J connectivity index is 2.65. The van der Waals surface area contributed by atoms with E-state index in [1.165, 1.54) is 0 Å². The average Bonchev–Trinajstić information content (AvgIpc) is 2.08. The first kappa shape index (κ1) is 11.3. The van der Waals surface area contributed by atoms with Crippen molar-refractivity contribution in [2.75, 3.05) is 5.32 Å². The zero-order valence-electron chi connectivity index (χ0n) is 6.50. The minimum Gasteiger partial charge on any atom is -0.324 e. The summed E-state index contributed by atoms with van der Waals surface area (Å²) in [6.07, 6.45) is 0. The van der Waals surface area contributed by atoms with Crippen LogP contribution in [0.5, 0.6) is 0 Å². The van der Waals surface area contributed by atoms with Crippen molar-refractivity contribution in [3.8, 4) is 0 Å². The number of amides is 1. The van der Waals surface area contributed by atoms with Gasteiger partial charge in [-0.15, -0.1) is 0 Å². The van der Waals surface area contributed by atoms with E-state index in [0.29, 0.717) is 0 Å². The third-order valence-corrected chi connectivity index (χ3v) is 2.70. The number of anilines is 1. The van der Waals surface area contributed by atoms with Crippen LogP contribution in [0.4, 0.5) is 5.69 Å². The fourth-order valence-corrected chi connectivity index (χ4v) is 1.27. The van der Waals surface area contributed by atoms with E-state index in [9.17, 15) is 4.79 Å². The number of alkyl halides is 1. The van der Waals surface area contributed by atoms with Crippen molar-refractivity contribution in [2.45, 2.75) is 4.16 Å². The molecule has 70 valence electrons. The van der Waals surface area contributed by atoms with E-state index in [-0.39, 0.29) is 5.91 Å². The normalized spacial score (nSPS) is 12.2. The lowest BCUT2D eigenvalue weighted by Gasteiger charge is -2.05. The number of rotatable bonds is 2. The van der Waals surface area contributed by atoms with Gasteiger partial charge in [-0.1, -0.05) is 15.9 Å². The van der Waals surface area contributed by atoms with Crippen LogP contribution in [-0.2, 0) is 4.79 Å². The van der Waals surface area contributed by atoms with Gasteiger partial charge in [-0.3, -0.25) is 4.79 Å². The van der Waals surface area contributed by atoms with Crippen LogP contribution in [-0.4, -0.2) is 10.1 Å². The Morgan fingerprint density at radius 3 is 2.46 bits per heavy atom. The molecular formula is C8H7BrINOS. The second-order valence-electron chi connectivity index (χ2n) is 2.33. The van der Waals surface area contributed by atoms with E-state index in [4.69, 9.17) is 0 Å². The highest BCUT2D eigenvalue weighted by molar-refractivity contribution is 14.1. The van der Waals surface area contributed by atoms with Crippen molar-refractivity contribution >= 4 is 62.7 Å². The van der Waals surface area contributed by atoms with Crippen LogP contribution in [0.25, 0.3) is 0 Å². The number of carbonyl (C=O) groups is 1. The zero-order valence-corrected chi connectivity index (χ0v) is 11.1. The molecule has 0 saturated carbocycles. The molecule has 1 rings (SSSR count). The molecule has 1 aromatic rings. The second kappa shape index (κ2) is 5.21. The van der Waals surface area contributed by atoms with Crippen LogP contribution >= 0.6 is 51.1 Å². The molecule has 0 aliphatic rings. The quantitative estimate of drug-likeness (QED) is 0.467. The molecule has 13 heavy (non-hydrogen) atoms. The molecule has 0 spiro atoms. The molecule has 0 fully saturated rings. The summed E-state index contributed by atoms with van der Waals surface area (Å²) in [4.78, 5) is 11.2. The standard InChI is InChI=1S/C8H7BrINOS/c9-7(13)8(12)11-6-3-1-5(10)2-4-6/h1-4,7,13H,(H,11,12). The maximum Gasteiger partial charge on any atom is 0.248 e. The summed E-state index contributed by atoms with van der Waals surface area (Å²) in [6.45, 7) is 0. The first-order chi connectivity index (χ1) is 6.09. The minimum absolute atomic E-state index is 0.162. The van der Waals surface area contributed by atoms with Crippen LogP contribution in [0.15, 0.2) is 24.3 Å². The van der Waals surface area contributed by atoms with Gasteiger partial charge in [0.1, 0.15) is 4.16 Å². The molecule has 1 atom stereocenters. The molecular weight excluding hydrogens is 365 g/mol. The van der Waals surface area contributed by atoms with Crippen molar-refractivity contribution in [3.05, 3.63) is 27.8 Å². The molecule has 1 aromatic carbocycles. The fourth-order valence-electron chi connectivity index (χ4n) is 0.735. The van der Waals surface area contributed by atoms with Crippen molar-refractivity contribution in [2.24, 2.45) is 0 Å². The molecule has 1 unspecified atom stereocenters. The molecule has 0 saturated heterocycles. The smallest absolute Gasteiger partial charge is 0.248 e. The van der Waals surface area contributed by atoms with Gasteiger partial charge < -0.3 is 5.32 Å². The van der Waals surface area contributed by atoms with Crippen LogP contribution in [0, 0.1) is 3.57 Å². The number of halogens is 2. The summed E-state index contributed by atoms with van der Waals surface area (Å²) in [6, 6.07) is 7.56. The molecule has 5 heteroatoms. The Bertz CT molecular complexity index is 302. The Morgan fingerprint density at radius 2 is 2.00 bits per heavy atom. The van der Waals surface area contributed by atoms with Crippen LogP contribution in [0.3, 0.4) is 0 Å². The summed E-state index contributed by atoms with van der Waals surface area (Å²) in [5, 5.41) is 2.70. The number of hydrogen-bond acceptors (Lipinski definition) is 2. The summed E-state index contributed by atoms with van der Waals surface area (Å²) in [5.41, 5.74) is 0.781. The van der Waals surface area contributed by atoms with Gasteiger partial charge in [-0.05, 0) is 46.9 Å². The lowest BCUT2D eigenvalue weighted by Crippen LogP contribution is -2.18. The van der Waals surface area contributed by atoms with E-state index >= 15 is 0 Å². The molecule has 0 heterocycles. The maximum absolute atomic E-state index is 11.2.